The van der Waals surface area contributed by atoms with E-state index in [1.165, 1.54) is 22.3 Å². The summed E-state index contributed by atoms with van der Waals surface area (Å²) in [5, 5.41) is 3.70. The summed E-state index contributed by atoms with van der Waals surface area (Å²) >= 11 is 0. The number of esters is 1. The third-order valence-electron chi connectivity index (χ3n) is 6.33. The molecule has 1 atom stereocenters. The van der Waals surface area contributed by atoms with Gasteiger partial charge in [-0.1, -0.05) is 72.8 Å². The lowest BCUT2D eigenvalue weighted by molar-refractivity contribution is -0.145. The van der Waals surface area contributed by atoms with E-state index in [1.54, 1.807) is 6.92 Å². The molecule has 1 N–H and O–H groups in total. The second-order valence-electron chi connectivity index (χ2n) is 8.63. The molecule has 0 fully saturated rings. The molecule has 0 bridgehead atoms. The molecule has 0 saturated carbocycles. The minimum Gasteiger partial charge on any atom is -0.482 e. The van der Waals surface area contributed by atoms with Crippen LogP contribution in [-0.4, -0.2) is 32.3 Å². The summed E-state index contributed by atoms with van der Waals surface area (Å²) in [6.45, 7) is 4.08. The molecule has 3 aromatic carbocycles. The van der Waals surface area contributed by atoms with Gasteiger partial charge in [-0.15, -0.1) is 0 Å². The lowest BCUT2D eigenvalue weighted by atomic mass is 9.88. The van der Waals surface area contributed by atoms with Gasteiger partial charge in [0.05, 0.1) is 6.61 Å². The highest BCUT2D eigenvalue weighted by Crippen LogP contribution is 2.34. The van der Waals surface area contributed by atoms with E-state index in [4.69, 9.17) is 9.47 Å². The first-order chi connectivity index (χ1) is 16.2. The normalized spacial score (nSPS) is 14.8. The highest BCUT2D eigenvalue weighted by molar-refractivity contribution is 5.71. The van der Waals surface area contributed by atoms with Crippen LogP contribution in [0.1, 0.15) is 41.5 Å². The summed E-state index contributed by atoms with van der Waals surface area (Å²) in [6.07, 6.45) is 3.07. The lowest BCUT2D eigenvalue weighted by Crippen LogP contribution is -2.25. The van der Waals surface area contributed by atoms with Crippen LogP contribution in [0.5, 0.6) is 5.75 Å². The van der Waals surface area contributed by atoms with Gasteiger partial charge in [0.2, 0.25) is 0 Å². The van der Waals surface area contributed by atoms with Crippen molar-refractivity contribution in [3.63, 3.8) is 0 Å². The summed E-state index contributed by atoms with van der Waals surface area (Å²) in [5.74, 6) is 1.43. The number of benzene rings is 3. The van der Waals surface area contributed by atoms with Crippen LogP contribution in [0.2, 0.25) is 0 Å². The van der Waals surface area contributed by atoms with Crippen molar-refractivity contribution in [2.24, 2.45) is 5.92 Å². The van der Waals surface area contributed by atoms with E-state index in [0.717, 1.165) is 38.1 Å². The third kappa shape index (κ3) is 6.23. The maximum atomic E-state index is 11.7. The maximum Gasteiger partial charge on any atom is 0.344 e. The Hall–Kier alpha value is -3.11. The van der Waals surface area contributed by atoms with Gasteiger partial charge < -0.3 is 14.8 Å². The second kappa shape index (κ2) is 11.7. The first-order valence-electron chi connectivity index (χ1n) is 11.9. The number of hydrogen-bond donors (Lipinski definition) is 1. The average molecular weight is 444 g/mol. The van der Waals surface area contributed by atoms with Gasteiger partial charge in [-0.25, -0.2) is 4.79 Å². The van der Waals surface area contributed by atoms with Gasteiger partial charge in [0.15, 0.2) is 6.61 Å². The predicted octanol–water partition coefficient (Wildman–Crippen LogP) is 5.16. The first-order valence-corrected chi connectivity index (χ1v) is 11.9. The van der Waals surface area contributed by atoms with Crippen LogP contribution >= 0.6 is 0 Å². The maximum absolute atomic E-state index is 11.7. The summed E-state index contributed by atoms with van der Waals surface area (Å²) in [4.78, 5) is 11.7. The van der Waals surface area contributed by atoms with E-state index in [0.29, 0.717) is 18.4 Å². The molecular formula is C29H33NO3. The van der Waals surface area contributed by atoms with Gasteiger partial charge in [0.25, 0.3) is 0 Å². The van der Waals surface area contributed by atoms with Gasteiger partial charge in [-0.2, -0.15) is 0 Å². The average Bonchev–Trinajstić information content (AvgIpc) is 3.28. The van der Waals surface area contributed by atoms with Crippen molar-refractivity contribution in [3.05, 3.63) is 101 Å². The predicted molar refractivity (Wildman–Crippen MR) is 132 cm³/mol. The molecule has 0 heterocycles. The van der Waals surface area contributed by atoms with E-state index in [2.05, 4.69) is 72.0 Å². The van der Waals surface area contributed by atoms with E-state index in [9.17, 15) is 4.79 Å². The number of carbonyl (C=O) groups is 1. The summed E-state index contributed by atoms with van der Waals surface area (Å²) in [6, 6.07) is 27.7. The van der Waals surface area contributed by atoms with Crippen LogP contribution < -0.4 is 10.1 Å². The van der Waals surface area contributed by atoms with Gasteiger partial charge >= 0.3 is 5.97 Å². The Kier molecular flexibility index (Phi) is 8.15. The van der Waals surface area contributed by atoms with Crippen LogP contribution in [0.15, 0.2) is 78.9 Å². The smallest absolute Gasteiger partial charge is 0.344 e. The molecule has 0 aliphatic heterocycles. The van der Waals surface area contributed by atoms with E-state index >= 15 is 0 Å². The molecule has 172 valence electrons. The van der Waals surface area contributed by atoms with Crippen LogP contribution in [-0.2, 0) is 22.4 Å². The minimum absolute atomic E-state index is 0.0342. The quantitative estimate of drug-likeness (QED) is 0.329. The molecule has 1 aliphatic rings. The monoisotopic (exact) mass is 443 g/mol. The number of nitrogens with one attached hydrogen (secondary N) is 1. The fraction of sp³-hybridized carbons (Fsp3) is 0.345. The molecule has 4 rings (SSSR count). The topological polar surface area (TPSA) is 47.6 Å². The Morgan fingerprint density at radius 3 is 2.30 bits per heavy atom. The molecule has 1 unspecified atom stereocenters. The Labute approximate surface area is 196 Å². The number of carbonyl (C=O) groups excluding carboxylic acids is 1. The summed E-state index contributed by atoms with van der Waals surface area (Å²) in [5.41, 5.74) is 5.29. The highest BCUT2D eigenvalue weighted by atomic mass is 16.6. The van der Waals surface area contributed by atoms with Crippen molar-refractivity contribution in [1.29, 1.82) is 0 Å². The van der Waals surface area contributed by atoms with Crippen molar-refractivity contribution in [2.45, 2.75) is 32.1 Å². The van der Waals surface area contributed by atoms with Crippen LogP contribution in [0, 0.1) is 5.92 Å². The molecule has 4 heteroatoms. The van der Waals surface area contributed by atoms with Gasteiger partial charge in [0.1, 0.15) is 5.75 Å². The van der Waals surface area contributed by atoms with Crippen molar-refractivity contribution < 1.29 is 14.3 Å². The van der Waals surface area contributed by atoms with Crippen molar-refractivity contribution >= 4 is 5.97 Å². The summed E-state index contributed by atoms with van der Waals surface area (Å²) < 4.78 is 10.8. The minimum atomic E-state index is -0.322. The fourth-order valence-corrected chi connectivity index (χ4v) is 4.77. The van der Waals surface area contributed by atoms with Gasteiger partial charge in [-0.05, 0) is 73.5 Å². The second-order valence-corrected chi connectivity index (χ2v) is 8.63. The fourth-order valence-electron chi connectivity index (χ4n) is 4.77. The molecule has 3 aromatic rings. The standard InChI is InChI=1S/C29H33NO3/c1-2-32-29(31)21-33-28-15-9-14-25-18-22(19-27(25)28)20-30-17-16-26(23-10-5-3-6-11-23)24-12-7-4-8-13-24/h3-15,22,26,30H,2,16-21H2,1H3. The highest BCUT2D eigenvalue weighted by Gasteiger charge is 2.24. The zero-order valence-corrected chi connectivity index (χ0v) is 19.3. The van der Waals surface area contributed by atoms with Gasteiger partial charge in [-0.3, -0.25) is 0 Å². The molecule has 0 amide bonds. The van der Waals surface area contributed by atoms with Gasteiger partial charge in [0, 0.05) is 5.92 Å². The number of hydrogen-bond acceptors (Lipinski definition) is 4. The molecule has 0 saturated heterocycles. The van der Waals surface area contributed by atoms with Crippen molar-refractivity contribution in [2.75, 3.05) is 26.3 Å². The molecule has 0 radical (unpaired) electrons. The molecule has 4 nitrogen and oxygen atoms in total. The number of rotatable bonds is 11. The zero-order valence-electron chi connectivity index (χ0n) is 19.3. The van der Waals surface area contributed by atoms with Crippen molar-refractivity contribution in [1.82, 2.24) is 5.32 Å². The van der Waals surface area contributed by atoms with Crippen LogP contribution in [0.4, 0.5) is 0 Å². The Bertz CT molecular complexity index is 980. The first kappa shape index (κ1) is 23.1. The van der Waals surface area contributed by atoms with Crippen LogP contribution in [0.25, 0.3) is 0 Å². The molecule has 33 heavy (non-hydrogen) atoms. The largest absolute Gasteiger partial charge is 0.482 e. The summed E-state index contributed by atoms with van der Waals surface area (Å²) in [7, 11) is 0. The van der Waals surface area contributed by atoms with E-state index in [1.807, 2.05) is 12.1 Å². The Balaban J connectivity index is 1.30. The zero-order chi connectivity index (χ0) is 22.9. The van der Waals surface area contributed by atoms with E-state index < -0.39 is 0 Å². The molecular weight excluding hydrogens is 410 g/mol. The van der Waals surface area contributed by atoms with Crippen LogP contribution in [0.3, 0.4) is 0 Å². The number of ether oxygens (including phenoxy) is 2. The van der Waals surface area contributed by atoms with E-state index in [-0.39, 0.29) is 12.6 Å². The Morgan fingerprint density at radius 1 is 0.939 bits per heavy atom. The van der Waals surface area contributed by atoms with Crippen molar-refractivity contribution in [3.8, 4) is 5.75 Å². The molecule has 0 spiro atoms. The third-order valence-corrected chi connectivity index (χ3v) is 6.33. The lowest BCUT2D eigenvalue weighted by Gasteiger charge is -2.19. The number of fused-ring (bicyclic) bond motifs is 1. The Morgan fingerprint density at radius 2 is 1.64 bits per heavy atom. The molecule has 0 aromatic heterocycles. The molecule has 1 aliphatic carbocycles. The SMILES string of the molecule is CCOC(=O)COc1cccc2c1CC(CNCCC(c1ccccc1)c1ccccc1)C2.